The largest absolute Gasteiger partial charge is 0.491 e. The monoisotopic (exact) mass is 247 g/mol. The lowest BCUT2D eigenvalue weighted by Crippen LogP contribution is -2.22. The fourth-order valence-electron chi connectivity index (χ4n) is 2.52. The molecule has 0 saturated heterocycles. The van der Waals surface area contributed by atoms with Crippen LogP contribution in [0.3, 0.4) is 0 Å². The smallest absolute Gasteiger partial charge is 0.251 e. The highest BCUT2D eigenvalue weighted by Crippen LogP contribution is 2.29. The molecular weight excluding hydrogens is 226 g/mol. The maximum absolute atomic E-state index is 12.0. The van der Waals surface area contributed by atoms with Crippen LogP contribution in [0.4, 0.5) is 0 Å². The number of fused-ring (bicyclic) bond motifs is 1. The van der Waals surface area contributed by atoms with E-state index in [1.807, 2.05) is 19.9 Å². The highest BCUT2D eigenvalue weighted by atomic mass is 16.5. The lowest BCUT2D eigenvalue weighted by Gasteiger charge is -2.21. The number of benzene rings is 1. The van der Waals surface area contributed by atoms with Gasteiger partial charge in [-0.25, -0.2) is 0 Å². The predicted octanol–water partition coefficient (Wildman–Crippen LogP) is 2.71. The molecule has 3 heteroatoms. The minimum absolute atomic E-state index is 0.0117. The van der Waals surface area contributed by atoms with Crippen LogP contribution < -0.4 is 10.1 Å². The number of aryl methyl sites for hydroxylation is 1. The quantitative estimate of drug-likeness (QED) is 0.892. The number of amides is 1. The molecular formula is C15H21NO2. The Bertz CT molecular complexity index is 452. The summed E-state index contributed by atoms with van der Waals surface area (Å²) in [6.07, 6.45) is 4.55. The van der Waals surface area contributed by atoms with Gasteiger partial charge in [-0.1, -0.05) is 0 Å². The van der Waals surface area contributed by atoms with E-state index in [9.17, 15) is 4.79 Å². The molecule has 2 rings (SSSR count). The molecule has 0 spiro atoms. The number of ether oxygens (including phenoxy) is 1. The summed E-state index contributed by atoms with van der Waals surface area (Å²) in [5, 5.41) is 2.72. The Morgan fingerprint density at radius 3 is 2.67 bits per heavy atom. The second-order valence-corrected chi connectivity index (χ2v) is 5.06. The number of carbonyl (C=O) groups excluding carboxylic acids is 1. The second kappa shape index (κ2) is 5.42. The number of carbonyl (C=O) groups is 1. The molecule has 1 N–H and O–H groups in total. The highest BCUT2D eigenvalue weighted by molar-refractivity contribution is 5.96. The van der Waals surface area contributed by atoms with Gasteiger partial charge in [-0.15, -0.1) is 0 Å². The summed E-state index contributed by atoms with van der Waals surface area (Å²) in [5.74, 6) is 0.798. The number of rotatable bonds is 3. The van der Waals surface area contributed by atoms with Crippen molar-refractivity contribution in [3.8, 4) is 5.75 Å². The minimum Gasteiger partial charge on any atom is -0.491 e. The first-order chi connectivity index (χ1) is 8.61. The van der Waals surface area contributed by atoms with Crippen molar-refractivity contribution in [2.45, 2.75) is 45.6 Å². The van der Waals surface area contributed by atoms with Gasteiger partial charge in [0.2, 0.25) is 0 Å². The third-order valence-corrected chi connectivity index (χ3v) is 3.28. The van der Waals surface area contributed by atoms with E-state index in [-0.39, 0.29) is 12.0 Å². The topological polar surface area (TPSA) is 38.3 Å². The third-order valence-electron chi connectivity index (χ3n) is 3.28. The zero-order valence-electron chi connectivity index (χ0n) is 11.4. The van der Waals surface area contributed by atoms with Gasteiger partial charge < -0.3 is 10.1 Å². The van der Waals surface area contributed by atoms with Crippen molar-refractivity contribution in [2.75, 3.05) is 7.05 Å². The van der Waals surface area contributed by atoms with Crippen molar-refractivity contribution in [3.05, 3.63) is 28.8 Å². The van der Waals surface area contributed by atoms with Gasteiger partial charge >= 0.3 is 0 Å². The van der Waals surface area contributed by atoms with Gasteiger partial charge in [0.05, 0.1) is 6.10 Å². The maximum atomic E-state index is 12.0. The van der Waals surface area contributed by atoms with Crippen molar-refractivity contribution in [3.63, 3.8) is 0 Å². The van der Waals surface area contributed by atoms with Crippen LogP contribution in [0.15, 0.2) is 12.1 Å². The van der Waals surface area contributed by atoms with Crippen molar-refractivity contribution in [1.29, 1.82) is 0 Å². The molecule has 3 nitrogen and oxygen atoms in total. The molecule has 0 aromatic heterocycles. The van der Waals surface area contributed by atoms with Gasteiger partial charge in [-0.05, 0) is 62.8 Å². The van der Waals surface area contributed by atoms with E-state index in [1.165, 1.54) is 24.0 Å². The molecule has 1 aliphatic rings. The van der Waals surface area contributed by atoms with Crippen LogP contribution in [0.25, 0.3) is 0 Å². The molecule has 0 heterocycles. The Hall–Kier alpha value is -1.51. The molecule has 0 radical (unpaired) electrons. The first-order valence-corrected chi connectivity index (χ1v) is 6.66. The first kappa shape index (κ1) is 12.9. The van der Waals surface area contributed by atoms with E-state index >= 15 is 0 Å². The Labute approximate surface area is 109 Å². The SMILES string of the molecule is CNC(=O)c1cc(OC(C)C)cc2c1CCCC2. The van der Waals surface area contributed by atoms with Gasteiger partial charge in [0.25, 0.3) is 5.91 Å². The number of nitrogens with one attached hydrogen (secondary N) is 1. The van der Waals surface area contributed by atoms with Gasteiger partial charge in [0, 0.05) is 12.6 Å². The Kier molecular flexibility index (Phi) is 3.90. The van der Waals surface area contributed by atoms with E-state index in [0.717, 1.165) is 24.2 Å². The molecule has 0 atom stereocenters. The first-order valence-electron chi connectivity index (χ1n) is 6.66. The summed E-state index contributed by atoms with van der Waals surface area (Å²) < 4.78 is 5.74. The summed E-state index contributed by atoms with van der Waals surface area (Å²) in [7, 11) is 1.67. The second-order valence-electron chi connectivity index (χ2n) is 5.06. The standard InChI is InChI=1S/C15H21NO2/c1-10(2)18-12-8-11-6-4-5-7-13(11)14(9-12)15(17)16-3/h8-10H,4-7H2,1-3H3,(H,16,17). The molecule has 18 heavy (non-hydrogen) atoms. The fraction of sp³-hybridized carbons (Fsp3) is 0.533. The average molecular weight is 247 g/mol. The van der Waals surface area contributed by atoms with Crippen molar-refractivity contribution < 1.29 is 9.53 Å². The summed E-state index contributed by atoms with van der Waals surface area (Å²) in [6.45, 7) is 4.00. The van der Waals surface area contributed by atoms with Crippen molar-refractivity contribution >= 4 is 5.91 Å². The van der Waals surface area contributed by atoms with Gasteiger partial charge in [0.15, 0.2) is 0 Å². The molecule has 0 aliphatic heterocycles. The summed E-state index contributed by atoms with van der Waals surface area (Å²) in [5.41, 5.74) is 3.26. The van der Waals surface area contributed by atoms with Crippen molar-refractivity contribution in [2.24, 2.45) is 0 Å². The van der Waals surface area contributed by atoms with Crippen LogP contribution >= 0.6 is 0 Å². The lowest BCUT2D eigenvalue weighted by atomic mass is 9.87. The van der Waals surface area contributed by atoms with E-state index in [2.05, 4.69) is 11.4 Å². The van der Waals surface area contributed by atoms with Crippen LogP contribution in [0, 0.1) is 0 Å². The molecule has 98 valence electrons. The van der Waals surface area contributed by atoms with E-state index in [0.29, 0.717) is 0 Å². The van der Waals surface area contributed by atoms with Gasteiger partial charge in [-0.2, -0.15) is 0 Å². The van der Waals surface area contributed by atoms with Gasteiger partial charge in [-0.3, -0.25) is 4.79 Å². The van der Waals surface area contributed by atoms with Crippen LogP contribution in [0.1, 0.15) is 48.2 Å². The van der Waals surface area contributed by atoms with Crippen LogP contribution in [-0.4, -0.2) is 19.1 Å². The van der Waals surface area contributed by atoms with E-state index in [4.69, 9.17) is 4.74 Å². The van der Waals surface area contributed by atoms with E-state index in [1.54, 1.807) is 7.05 Å². The molecule has 1 aromatic rings. The molecule has 0 fully saturated rings. The zero-order chi connectivity index (χ0) is 13.1. The number of hydrogen-bond donors (Lipinski definition) is 1. The molecule has 0 bridgehead atoms. The molecule has 0 saturated carbocycles. The zero-order valence-corrected chi connectivity index (χ0v) is 11.4. The summed E-state index contributed by atoms with van der Waals surface area (Å²) >= 11 is 0. The van der Waals surface area contributed by atoms with E-state index < -0.39 is 0 Å². The lowest BCUT2D eigenvalue weighted by molar-refractivity contribution is 0.0961. The predicted molar refractivity (Wildman–Crippen MR) is 72.2 cm³/mol. The summed E-state index contributed by atoms with van der Waals surface area (Å²) in [6, 6.07) is 3.98. The maximum Gasteiger partial charge on any atom is 0.251 e. The fourth-order valence-corrected chi connectivity index (χ4v) is 2.52. The highest BCUT2D eigenvalue weighted by Gasteiger charge is 2.19. The van der Waals surface area contributed by atoms with Crippen LogP contribution in [0.5, 0.6) is 5.75 Å². The molecule has 1 aliphatic carbocycles. The Balaban J connectivity index is 2.44. The van der Waals surface area contributed by atoms with Crippen LogP contribution in [-0.2, 0) is 12.8 Å². The van der Waals surface area contributed by atoms with Crippen LogP contribution in [0.2, 0.25) is 0 Å². The molecule has 1 amide bonds. The number of hydrogen-bond acceptors (Lipinski definition) is 2. The average Bonchev–Trinajstić information content (AvgIpc) is 2.36. The normalized spacial score (nSPS) is 14.2. The Morgan fingerprint density at radius 2 is 2.00 bits per heavy atom. The molecule has 1 aromatic carbocycles. The molecule has 0 unspecified atom stereocenters. The van der Waals surface area contributed by atoms with Gasteiger partial charge in [0.1, 0.15) is 5.75 Å². The summed E-state index contributed by atoms with van der Waals surface area (Å²) in [4.78, 5) is 12.0. The Morgan fingerprint density at radius 1 is 1.28 bits per heavy atom. The van der Waals surface area contributed by atoms with Crippen molar-refractivity contribution in [1.82, 2.24) is 5.32 Å². The minimum atomic E-state index is -0.0117. The third kappa shape index (κ3) is 2.66.